The van der Waals surface area contributed by atoms with Crippen molar-refractivity contribution in [2.75, 3.05) is 11.4 Å². The highest BCUT2D eigenvalue weighted by molar-refractivity contribution is 9.10. The number of amides is 2. The van der Waals surface area contributed by atoms with Crippen molar-refractivity contribution >= 4 is 39.1 Å². The van der Waals surface area contributed by atoms with Crippen LogP contribution < -0.4 is 10.2 Å². The largest absolute Gasteiger partial charge is 0.350 e. The molecule has 7 heteroatoms. The third-order valence-corrected chi connectivity index (χ3v) is 6.95. The van der Waals surface area contributed by atoms with E-state index in [0.29, 0.717) is 13.1 Å². The summed E-state index contributed by atoms with van der Waals surface area (Å²) in [7, 11) is 0. The molecule has 6 nitrogen and oxygen atoms in total. The van der Waals surface area contributed by atoms with Gasteiger partial charge in [-0.2, -0.15) is 0 Å². The molecule has 1 aliphatic carbocycles. The summed E-state index contributed by atoms with van der Waals surface area (Å²) in [5.41, 5.74) is 3.86. The summed E-state index contributed by atoms with van der Waals surface area (Å²) < 4.78 is 2.91. The van der Waals surface area contributed by atoms with Gasteiger partial charge in [-0.1, -0.05) is 31.0 Å². The SMILES string of the molecule is O=C(NCc1cn2cc(Br)ccc2n1)C1CCCCC1C(=O)N1CCc2ccccc21. The molecule has 5 rings (SSSR count). The molecule has 2 unspecified atom stereocenters. The van der Waals surface area contributed by atoms with Crippen LogP contribution in [0.2, 0.25) is 0 Å². The van der Waals surface area contributed by atoms with Gasteiger partial charge in [0.25, 0.3) is 0 Å². The molecule has 2 aliphatic rings. The predicted octanol–water partition coefficient (Wildman–Crippen LogP) is 4.11. The minimum Gasteiger partial charge on any atom is -0.350 e. The second-order valence-electron chi connectivity index (χ2n) is 8.43. The molecule has 31 heavy (non-hydrogen) atoms. The molecule has 3 heterocycles. The highest BCUT2D eigenvalue weighted by atomic mass is 79.9. The molecule has 0 spiro atoms. The van der Waals surface area contributed by atoms with E-state index >= 15 is 0 Å². The Morgan fingerprint density at radius 3 is 2.74 bits per heavy atom. The van der Waals surface area contributed by atoms with Crippen molar-refractivity contribution in [3.8, 4) is 0 Å². The molecule has 160 valence electrons. The number of hydrogen-bond acceptors (Lipinski definition) is 3. The van der Waals surface area contributed by atoms with E-state index in [0.717, 1.165) is 53.6 Å². The van der Waals surface area contributed by atoms with Gasteiger partial charge in [-0.3, -0.25) is 9.59 Å². The van der Waals surface area contributed by atoms with Gasteiger partial charge in [0.15, 0.2) is 0 Å². The summed E-state index contributed by atoms with van der Waals surface area (Å²) in [6, 6.07) is 12.0. The molecular formula is C24H25BrN4O2. The fourth-order valence-corrected chi connectivity index (χ4v) is 5.27. The van der Waals surface area contributed by atoms with Crippen LogP contribution in [0.15, 0.2) is 53.3 Å². The summed E-state index contributed by atoms with van der Waals surface area (Å²) in [6.07, 6.45) is 8.27. The van der Waals surface area contributed by atoms with Gasteiger partial charge in [-0.25, -0.2) is 4.98 Å². The monoisotopic (exact) mass is 480 g/mol. The molecule has 2 amide bonds. The van der Waals surface area contributed by atoms with Crippen LogP contribution in [-0.4, -0.2) is 27.7 Å². The van der Waals surface area contributed by atoms with Crippen molar-refractivity contribution in [2.24, 2.45) is 11.8 Å². The molecule has 1 fully saturated rings. The van der Waals surface area contributed by atoms with Crippen LogP contribution >= 0.6 is 15.9 Å². The number of nitrogens with one attached hydrogen (secondary N) is 1. The lowest BCUT2D eigenvalue weighted by Gasteiger charge is -2.32. The van der Waals surface area contributed by atoms with Crippen molar-refractivity contribution in [1.29, 1.82) is 0 Å². The molecular weight excluding hydrogens is 456 g/mol. The molecule has 2 atom stereocenters. The van der Waals surface area contributed by atoms with Crippen LogP contribution in [-0.2, 0) is 22.6 Å². The average molecular weight is 481 g/mol. The summed E-state index contributed by atoms with van der Waals surface area (Å²) in [4.78, 5) is 33.0. The molecule has 2 aromatic heterocycles. The highest BCUT2D eigenvalue weighted by Crippen LogP contribution is 2.36. The van der Waals surface area contributed by atoms with Gasteiger partial charge in [0.1, 0.15) is 5.65 Å². The van der Waals surface area contributed by atoms with E-state index in [1.165, 1.54) is 5.56 Å². The smallest absolute Gasteiger partial charge is 0.230 e. The van der Waals surface area contributed by atoms with E-state index in [1.54, 1.807) is 0 Å². The first-order chi connectivity index (χ1) is 15.1. The third kappa shape index (κ3) is 3.99. The quantitative estimate of drug-likeness (QED) is 0.610. The fourth-order valence-electron chi connectivity index (χ4n) is 4.92. The summed E-state index contributed by atoms with van der Waals surface area (Å²) in [5.74, 6) is -0.469. The van der Waals surface area contributed by atoms with Gasteiger partial charge in [-0.05, 0) is 59.0 Å². The fraction of sp³-hybridized carbons (Fsp3) is 0.375. The predicted molar refractivity (Wildman–Crippen MR) is 123 cm³/mol. The molecule has 0 saturated heterocycles. The lowest BCUT2D eigenvalue weighted by Crippen LogP contribution is -2.45. The maximum Gasteiger partial charge on any atom is 0.230 e. The van der Waals surface area contributed by atoms with E-state index in [1.807, 2.05) is 52.0 Å². The second kappa shape index (κ2) is 8.46. The molecule has 1 saturated carbocycles. The molecule has 0 radical (unpaired) electrons. The number of imidazole rings is 1. The van der Waals surface area contributed by atoms with Gasteiger partial charge in [0.05, 0.1) is 18.2 Å². The Hall–Kier alpha value is -2.67. The zero-order valence-corrected chi connectivity index (χ0v) is 18.8. The Morgan fingerprint density at radius 2 is 1.87 bits per heavy atom. The van der Waals surface area contributed by atoms with Crippen LogP contribution in [0.5, 0.6) is 0 Å². The van der Waals surface area contributed by atoms with Crippen molar-refractivity contribution in [1.82, 2.24) is 14.7 Å². The van der Waals surface area contributed by atoms with Crippen molar-refractivity contribution < 1.29 is 9.59 Å². The lowest BCUT2D eigenvalue weighted by atomic mass is 9.77. The standard InChI is InChI=1S/C24H25BrN4O2/c25-17-9-10-22-27-18(15-28(22)14-17)13-26-23(30)19-6-2-3-7-20(19)24(31)29-12-11-16-5-1-4-8-21(16)29/h1,4-5,8-10,14-15,19-20H,2-3,6-7,11-13H2,(H,26,30). The topological polar surface area (TPSA) is 66.7 Å². The summed E-state index contributed by atoms with van der Waals surface area (Å²) in [5, 5.41) is 3.04. The van der Waals surface area contributed by atoms with Gasteiger partial charge in [0.2, 0.25) is 11.8 Å². The number of hydrogen-bond donors (Lipinski definition) is 1. The van der Waals surface area contributed by atoms with Crippen LogP contribution in [0.4, 0.5) is 5.69 Å². The molecule has 1 aliphatic heterocycles. The molecule has 1 aromatic carbocycles. The first-order valence-electron chi connectivity index (χ1n) is 10.9. The van der Waals surface area contributed by atoms with E-state index in [4.69, 9.17) is 0 Å². The number of halogens is 1. The lowest BCUT2D eigenvalue weighted by molar-refractivity contribution is -0.135. The van der Waals surface area contributed by atoms with Crippen LogP contribution in [0.1, 0.15) is 36.9 Å². The Labute approximate surface area is 189 Å². The van der Waals surface area contributed by atoms with Crippen LogP contribution in [0.3, 0.4) is 0 Å². The van der Waals surface area contributed by atoms with E-state index < -0.39 is 0 Å². The number of para-hydroxylation sites is 1. The van der Waals surface area contributed by atoms with Gasteiger partial charge >= 0.3 is 0 Å². The zero-order valence-electron chi connectivity index (χ0n) is 17.3. The number of carbonyl (C=O) groups is 2. The number of anilines is 1. The number of fused-ring (bicyclic) bond motifs is 2. The normalized spacial score (nSPS) is 20.6. The van der Waals surface area contributed by atoms with Gasteiger partial charge in [0, 0.05) is 35.0 Å². The average Bonchev–Trinajstić information content (AvgIpc) is 3.40. The van der Waals surface area contributed by atoms with E-state index in [9.17, 15) is 9.59 Å². The third-order valence-electron chi connectivity index (χ3n) is 6.48. The van der Waals surface area contributed by atoms with Gasteiger partial charge in [-0.15, -0.1) is 0 Å². The Bertz CT molecular complexity index is 1140. The van der Waals surface area contributed by atoms with E-state index in [-0.39, 0.29) is 23.7 Å². The minimum atomic E-state index is -0.278. The maximum atomic E-state index is 13.4. The highest BCUT2D eigenvalue weighted by Gasteiger charge is 2.39. The summed E-state index contributed by atoms with van der Waals surface area (Å²) >= 11 is 3.46. The Morgan fingerprint density at radius 1 is 1.06 bits per heavy atom. The number of pyridine rings is 1. The first kappa shape index (κ1) is 20.2. The number of rotatable bonds is 4. The second-order valence-corrected chi connectivity index (χ2v) is 9.34. The Balaban J connectivity index is 1.28. The minimum absolute atomic E-state index is 0.0382. The number of benzene rings is 1. The zero-order chi connectivity index (χ0) is 21.4. The molecule has 0 bridgehead atoms. The number of aromatic nitrogens is 2. The van der Waals surface area contributed by atoms with Crippen molar-refractivity contribution in [3.63, 3.8) is 0 Å². The number of nitrogens with zero attached hydrogens (tertiary/aromatic N) is 3. The van der Waals surface area contributed by atoms with E-state index in [2.05, 4.69) is 32.3 Å². The molecule has 3 aromatic rings. The van der Waals surface area contributed by atoms with Crippen molar-refractivity contribution in [3.05, 3.63) is 64.5 Å². The van der Waals surface area contributed by atoms with Crippen LogP contribution in [0.25, 0.3) is 5.65 Å². The first-order valence-corrected chi connectivity index (χ1v) is 11.7. The number of carbonyl (C=O) groups excluding carboxylic acids is 2. The van der Waals surface area contributed by atoms with Gasteiger partial charge < -0.3 is 14.6 Å². The van der Waals surface area contributed by atoms with Crippen LogP contribution in [0, 0.1) is 11.8 Å². The molecule has 1 N–H and O–H groups in total. The summed E-state index contributed by atoms with van der Waals surface area (Å²) in [6.45, 7) is 1.07. The Kier molecular flexibility index (Phi) is 5.52. The maximum absolute atomic E-state index is 13.4. The van der Waals surface area contributed by atoms with Crippen molar-refractivity contribution in [2.45, 2.75) is 38.6 Å².